The number of rotatable bonds is 7. The van der Waals surface area contributed by atoms with E-state index in [1.54, 1.807) is 0 Å². The Morgan fingerprint density at radius 2 is 2.10 bits per heavy atom. The molecule has 1 aliphatic heterocycles. The minimum atomic E-state index is 0.113. The minimum absolute atomic E-state index is 0.113. The van der Waals surface area contributed by atoms with Crippen LogP contribution >= 0.6 is 11.8 Å². The lowest BCUT2D eigenvalue weighted by Gasteiger charge is -2.34. The summed E-state index contributed by atoms with van der Waals surface area (Å²) in [6, 6.07) is 0.277. The fraction of sp³-hybridized carbons (Fsp3) is 0.867. The van der Waals surface area contributed by atoms with Gasteiger partial charge in [-0.05, 0) is 45.0 Å². The predicted octanol–water partition coefficient (Wildman–Crippen LogP) is 1.97. The van der Waals surface area contributed by atoms with Gasteiger partial charge in [-0.2, -0.15) is 16.9 Å². The largest absolute Gasteiger partial charge is 0.394 e. The lowest BCUT2D eigenvalue weighted by molar-refractivity contribution is 0.137. The molecule has 120 valence electrons. The van der Waals surface area contributed by atoms with Crippen molar-refractivity contribution in [3.05, 3.63) is 11.6 Å². The first-order valence-corrected chi connectivity index (χ1v) is 9.32. The zero-order valence-electron chi connectivity index (χ0n) is 13.5. The van der Waals surface area contributed by atoms with E-state index in [1.807, 2.05) is 16.4 Å². The molecule has 0 aromatic carbocycles. The summed E-state index contributed by atoms with van der Waals surface area (Å²) >= 11 is 1.81. The summed E-state index contributed by atoms with van der Waals surface area (Å²) in [5.41, 5.74) is 0. The van der Waals surface area contributed by atoms with E-state index < -0.39 is 0 Å². The number of likely N-dealkylation sites (tertiary alicyclic amines) is 1. The lowest BCUT2D eigenvalue weighted by atomic mass is 9.98. The van der Waals surface area contributed by atoms with Crippen molar-refractivity contribution >= 4 is 11.8 Å². The number of hydrogen-bond acceptors (Lipinski definition) is 5. The Balaban J connectivity index is 2.10. The molecule has 6 heteroatoms. The van der Waals surface area contributed by atoms with E-state index in [0.29, 0.717) is 6.54 Å². The molecular formula is C15H28N4OS. The van der Waals surface area contributed by atoms with Gasteiger partial charge in [0.05, 0.1) is 19.2 Å². The third-order valence-corrected chi connectivity index (χ3v) is 4.94. The smallest absolute Gasteiger partial charge is 0.151 e. The standard InChI is InChI=1S/C15H28N4OS/c1-12-4-7-18(8-5-12)13(2)15-16-14(6-11-21-3)17-19(15)9-10-20/h12-13,20H,4-11H2,1-3H3/t13-/m1/s1. The lowest BCUT2D eigenvalue weighted by Crippen LogP contribution is -2.36. The van der Waals surface area contributed by atoms with Crippen LogP contribution in [0.3, 0.4) is 0 Å². The number of piperidine rings is 1. The van der Waals surface area contributed by atoms with Gasteiger partial charge in [0.15, 0.2) is 5.82 Å². The first-order chi connectivity index (χ1) is 10.2. The van der Waals surface area contributed by atoms with Gasteiger partial charge in [0.2, 0.25) is 0 Å². The van der Waals surface area contributed by atoms with E-state index in [1.165, 1.54) is 12.8 Å². The van der Waals surface area contributed by atoms with Gasteiger partial charge in [0.1, 0.15) is 5.82 Å². The zero-order chi connectivity index (χ0) is 15.2. The second kappa shape index (κ2) is 8.15. The van der Waals surface area contributed by atoms with E-state index in [-0.39, 0.29) is 12.6 Å². The molecule has 1 aromatic heterocycles. The molecule has 1 saturated heterocycles. The Bertz CT molecular complexity index is 429. The first kappa shape index (κ1) is 16.8. The molecule has 0 saturated carbocycles. The van der Waals surface area contributed by atoms with Crippen molar-refractivity contribution in [2.24, 2.45) is 5.92 Å². The number of aryl methyl sites for hydroxylation is 1. The number of aromatic nitrogens is 3. The molecule has 0 unspecified atom stereocenters. The van der Waals surface area contributed by atoms with Gasteiger partial charge in [-0.15, -0.1) is 0 Å². The van der Waals surface area contributed by atoms with E-state index >= 15 is 0 Å². The number of aliphatic hydroxyl groups is 1. The van der Waals surface area contributed by atoms with Crippen molar-refractivity contribution < 1.29 is 5.11 Å². The van der Waals surface area contributed by atoms with E-state index in [9.17, 15) is 5.11 Å². The molecule has 1 aromatic rings. The maximum atomic E-state index is 9.25. The Morgan fingerprint density at radius 1 is 1.38 bits per heavy atom. The maximum absolute atomic E-state index is 9.25. The summed E-state index contributed by atoms with van der Waals surface area (Å²) in [4.78, 5) is 7.24. The van der Waals surface area contributed by atoms with Crippen molar-refractivity contribution in [2.45, 2.75) is 45.7 Å². The van der Waals surface area contributed by atoms with Gasteiger partial charge in [-0.1, -0.05) is 6.92 Å². The van der Waals surface area contributed by atoms with Gasteiger partial charge in [0.25, 0.3) is 0 Å². The average Bonchev–Trinajstić information content (AvgIpc) is 2.88. The molecule has 2 heterocycles. The second-order valence-electron chi connectivity index (χ2n) is 5.97. The van der Waals surface area contributed by atoms with Crippen LogP contribution in [0.2, 0.25) is 0 Å². The normalized spacial score (nSPS) is 19.0. The van der Waals surface area contributed by atoms with Gasteiger partial charge < -0.3 is 5.11 Å². The first-order valence-electron chi connectivity index (χ1n) is 7.93. The zero-order valence-corrected chi connectivity index (χ0v) is 14.3. The van der Waals surface area contributed by atoms with Gasteiger partial charge in [-0.25, -0.2) is 9.67 Å². The highest BCUT2D eigenvalue weighted by molar-refractivity contribution is 7.98. The Labute approximate surface area is 132 Å². The van der Waals surface area contributed by atoms with E-state index in [4.69, 9.17) is 4.98 Å². The quantitative estimate of drug-likeness (QED) is 0.834. The molecule has 1 aliphatic rings. The molecule has 5 nitrogen and oxygen atoms in total. The van der Waals surface area contributed by atoms with Crippen LogP contribution in [0.5, 0.6) is 0 Å². The van der Waals surface area contributed by atoms with Crippen molar-refractivity contribution in [1.82, 2.24) is 19.7 Å². The second-order valence-corrected chi connectivity index (χ2v) is 6.96. The third kappa shape index (κ3) is 4.44. The maximum Gasteiger partial charge on any atom is 0.151 e. The molecular weight excluding hydrogens is 284 g/mol. The van der Waals surface area contributed by atoms with Gasteiger partial charge >= 0.3 is 0 Å². The molecule has 21 heavy (non-hydrogen) atoms. The minimum Gasteiger partial charge on any atom is -0.394 e. The summed E-state index contributed by atoms with van der Waals surface area (Å²) in [5.74, 6) is 3.79. The molecule has 0 spiro atoms. The Morgan fingerprint density at radius 3 is 2.71 bits per heavy atom. The molecule has 0 amide bonds. The number of hydrogen-bond donors (Lipinski definition) is 1. The highest BCUT2D eigenvalue weighted by atomic mass is 32.2. The van der Waals surface area contributed by atoms with Crippen LogP contribution in [-0.2, 0) is 13.0 Å². The molecule has 0 aliphatic carbocycles. The molecule has 1 fully saturated rings. The highest BCUT2D eigenvalue weighted by Crippen LogP contribution is 2.25. The van der Waals surface area contributed by atoms with Crippen molar-refractivity contribution in [2.75, 3.05) is 31.7 Å². The fourth-order valence-corrected chi connectivity index (χ4v) is 3.24. The average molecular weight is 312 g/mol. The van der Waals surface area contributed by atoms with Gasteiger partial charge in [0, 0.05) is 12.2 Å². The molecule has 1 atom stereocenters. The Hall–Kier alpha value is -0.590. The molecule has 0 bridgehead atoms. The SMILES string of the molecule is CSCCc1nc([C@@H](C)N2CCC(C)CC2)n(CCO)n1. The molecule has 2 rings (SSSR count). The van der Waals surface area contributed by atoms with Crippen LogP contribution in [0, 0.1) is 5.92 Å². The molecule has 0 radical (unpaired) electrons. The van der Waals surface area contributed by atoms with Crippen LogP contribution in [0.25, 0.3) is 0 Å². The van der Waals surface area contributed by atoms with Crippen LogP contribution in [-0.4, -0.2) is 56.5 Å². The predicted molar refractivity (Wildman–Crippen MR) is 87.6 cm³/mol. The number of nitrogens with zero attached hydrogens (tertiary/aromatic N) is 4. The summed E-state index contributed by atoms with van der Waals surface area (Å²) in [6.45, 7) is 7.46. The number of aliphatic hydroxyl groups excluding tert-OH is 1. The van der Waals surface area contributed by atoms with E-state index in [2.05, 4.69) is 30.1 Å². The van der Waals surface area contributed by atoms with Crippen LogP contribution in [0.1, 0.15) is 44.4 Å². The summed E-state index contributed by atoms with van der Waals surface area (Å²) in [6.07, 6.45) is 5.52. The van der Waals surface area contributed by atoms with Crippen LogP contribution in [0.4, 0.5) is 0 Å². The van der Waals surface area contributed by atoms with Gasteiger partial charge in [-0.3, -0.25) is 4.90 Å². The van der Waals surface area contributed by atoms with Crippen molar-refractivity contribution in [3.63, 3.8) is 0 Å². The number of thioether (sulfide) groups is 1. The molecule has 1 N–H and O–H groups in total. The summed E-state index contributed by atoms with van der Waals surface area (Å²) in [5, 5.41) is 13.8. The third-order valence-electron chi connectivity index (χ3n) is 4.33. The Kier molecular flexibility index (Phi) is 6.51. The topological polar surface area (TPSA) is 54.2 Å². The van der Waals surface area contributed by atoms with Crippen LogP contribution in [0.15, 0.2) is 0 Å². The summed E-state index contributed by atoms with van der Waals surface area (Å²) < 4.78 is 1.90. The fourth-order valence-electron chi connectivity index (χ4n) is 2.85. The summed E-state index contributed by atoms with van der Waals surface area (Å²) in [7, 11) is 0. The van der Waals surface area contributed by atoms with E-state index in [0.717, 1.165) is 42.8 Å². The highest BCUT2D eigenvalue weighted by Gasteiger charge is 2.25. The van der Waals surface area contributed by atoms with Crippen LogP contribution < -0.4 is 0 Å². The van der Waals surface area contributed by atoms with Crippen molar-refractivity contribution in [3.8, 4) is 0 Å². The monoisotopic (exact) mass is 312 g/mol. The van der Waals surface area contributed by atoms with Crippen molar-refractivity contribution in [1.29, 1.82) is 0 Å².